The molecule has 1 rings (SSSR count). The summed E-state index contributed by atoms with van der Waals surface area (Å²) in [5.41, 5.74) is 3.13. The number of carbonyl (C=O) groups excluding carboxylic acids is 1. The molecule has 1 aromatic rings. The van der Waals surface area contributed by atoms with Crippen LogP contribution in [0.15, 0.2) is 18.2 Å². The molecule has 1 aromatic carbocycles. The maximum atomic E-state index is 11.6. The molecule has 0 aliphatic carbocycles. The standard InChI is InChI=1S/C11H14INO/c1-8-3-4-10(7-9(8)2)11(14)13-6-5-12/h3-4,7H,5-6H2,1-2H3,(H,13,14). The summed E-state index contributed by atoms with van der Waals surface area (Å²) in [5.74, 6) is 0.0183. The molecule has 0 radical (unpaired) electrons. The molecule has 1 amide bonds. The van der Waals surface area contributed by atoms with Crippen molar-refractivity contribution in [3.8, 4) is 0 Å². The lowest BCUT2D eigenvalue weighted by Crippen LogP contribution is -2.25. The van der Waals surface area contributed by atoms with Crippen molar-refractivity contribution in [2.75, 3.05) is 11.0 Å². The number of carbonyl (C=O) groups is 1. The zero-order valence-corrected chi connectivity index (χ0v) is 10.6. The average molecular weight is 303 g/mol. The van der Waals surface area contributed by atoms with Gasteiger partial charge in [0.1, 0.15) is 0 Å². The highest BCUT2D eigenvalue weighted by Crippen LogP contribution is 2.09. The Hall–Kier alpha value is -0.580. The van der Waals surface area contributed by atoms with E-state index in [0.717, 1.165) is 22.1 Å². The molecule has 0 aliphatic rings. The van der Waals surface area contributed by atoms with Crippen molar-refractivity contribution < 1.29 is 4.79 Å². The molecule has 76 valence electrons. The Balaban J connectivity index is 2.76. The molecule has 0 spiro atoms. The third-order valence-corrected chi connectivity index (χ3v) is 2.69. The van der Waals surface area contributed by atoms with Crippen LogP contribution >= 0.6 is 22.6 Å². The van der Waals surface area contributed by atoms with E-state index < -0.39 is 0 Å². The molecule has 1 N–H and O–H groups in total. The normalized spacial score (nSPS) is 9.93. The van der Waals surface area contributed by atoms with Crippen LogP contribution in [0.3, 0.4) is 0 Å². The minimum absolute atomic E-state index is 0.0183. The van der Waals surface area contributed by atoms with Crippen LogP contribution in [0.5, 0.6) is 0 Å². The predicted molar refractivity (Wildman–Crippen MR) is 67.1 cm³/mol. The summed E-state index contributed by atoms with van der Waals surface area (Å²) in [5, 5.41) is 2.85. The van der Waals surface area contributed by atoms with Gasteiger partial charge < -0.3 is 5.32 Å². The van der Waals surface area contributed by atoms with E-state index in [1.165, 1.54) is 5.56 Å². The zero-order valence-electron chi connectivity index (χ0n) is 8.43. The van der Waals surface area contributed by atoms with Crippen molar-refractivity contribution in [1.29, 1.82) is 0 Å². The van der Waals surface area contributed by atoms with Crippen LogP contribution < -0.4 is 5.32 Å². The van der Waals surface area contributed by atoms with Gasteiger partial charge in [0.15, 0.2) is 0 Å². The highest BCUT2D eigenvalue weighted by Gasteiger charge is 2.04. The third kappa shape index (κ3) is 2.97. The van der Waals surface area contributed by atoms with Gasteiger partial charge in [-0.3, -0.25) is 4.79 Å². The van der Waals surface area contributed by atoms with Gasteiger partial charge in [-0.2, -0.15) is 0 Å². The molecule has 3 heteroatoms. The molecule has 0 fully saturated rings. The van der Waals surface area contributed by atoms with Crippen molar-refractivity contribution in [1.82, 2.24) is 5.32 Å². The highest BCUT2D eigenvalue weighted by molar-refractivity contribution is 14.1. The Labute approximate surface area is 98.2 Å². The molecule has 0 aromatic heterocycles. The Morgan fingerprint density at radius 1 is 1.36 bits per heavy atom. The second kappa shape index (κ2) is 5.34. The van der Waals surface area contributed by atoms with E-state index in [4.69, 9.17) is 0 Å². The first-order valence-electron chi connectivity index (χ1n) is 4.56. The van der Waals surface area contributed by atoms with Gasteiger partial charge in [0.25, 0.3) is 5.91 Å². The Morgan fingerprint density at radius 2 is 2.07 bits per heavy atom. The first-order chi connectivity index (χ1) is 6.65. The lowest BCUT2D eigenvalue weighted by atomic mass is 10.1. The number of amides is 1. The SMILES string of the molecule is Cc1ccc(C(=O)NCCI)cc1C. The summed E-state index contributed by atoms with van der Waals surface area (Å²) in [6.07, 6.45) is 0. The van der Waals surface area contributed by atoms with Crippen LogP contribution in [-0.4, -0.2) is 16.9 Å². The minimum atomic E-state index is 0.0183. The summed E-state index contributed by atoms with van der Waals surface area (Å²) in [6.45, 7) is 4.79. The van der Waals surface area contributed by atoms with Gasteiger partial charge in [-0.15, -0.1) is 0 Å². The molecule has 0 aliphatic heterocycles. The summed E-state index contributed by atoms with van der Waals surface area (Å²) in [4.78, 5) is 11.6. The highest BCUT2D eigenvalue weighted by atomic mass is 127. The molecule has 0 bridgehead atoms. The number of benzene rings is 1. The van der Waals surface area contributed by atoms with Crippen LogP contribution in [0, 0.1) is 13.8 Å². The molecule has 2 nitrogen and oxygen atoms in total. The van der Waals surface area contributed by atoms with Crippen molar-refractivity contribution >= 4 is 28.5 Å². The first kappa shape index (κ1) is 11.5. The van der Waals surface area contributed by atoms with Gasteiger partial charge in [-0.25, -0.2) is 0 Å². The summed E-state index contributed by atoms with van der Waals surface area (Å²) in [6, 6.07) is 5.77. The average Bonchev–Trinajstić information content (AvgIpc) is 2.18. The molecule has 0 atom stereocenters. The molecule has 0 saturated carbocycles. The van der Waals surface area contributed by atoms with E-state index in [0.29, 0.717) is 0 Å². The van der Waals surface area contributed by atoms with Gasteiger partial charge in [0.2, 0.25) is 0 Å². The summed E-state index contributed by atoms with van der Waals surface area (Å²) in [7, 11) is 0. The van der Waals surface area contributed by atoms with Crippen LogP contribution in [0.4, 0.5) is 0 Å². The largest absolute Gasteiger partial charge is 0.351 e. The maximum Gasteiger partial charge on any atom is 0.251 e. The maximum absolute atomic E-state index is 11.6. The van der Waals surface area contributed by atoms with Crippen LogP contribution in [-0.2, 0) is 0 Å². The second-order valence-electron chi connectivity index (χ2n) is 3.24. The van der Waals surface area contributed by atoms with E-state index in [-0.39, 0.29) is 5.91 Å². The fourth-order valence-corrected chi connectivity index (χ4v) is 1.42. The topological polar surface area (TPSA) is 29.1 Å². The monoisotopic (exact) mass is 303 g/mol. The van der Waals surface area contributed by atoms with Crippen molar-refractivity contribution in [3.63, 3.8) is 0 Å². The number of halogens is 1. The van der Waals surface area contributed by atoms with Crippen LogP contribution in [0.25, 0.3) is 0 Å². The van der Waals surface area contributed by atoms with E-state index in [9.17, 15) is 4.79 Å². The quantitative estimate of drug-likeness (QED) is 0.674. The molecule has 0 heterocycles. The van der Waals surface area contributed by atoms with Gasteiger partial charge in [-0.1, -0.05) is 28.7 Å². The lowest BCUT2D eigenvalue weighted by molar-refractivity contribution is 0.0956. The predicted octanol–water partition coefficient (Wildman–Crippen LogP) is 2.47. The van der Waals surface area contributed by atoms with Crippen molar-refractivity contribution in [2.45, 2.75) is 13.8 Å². The van der Waals surface area contributed by atoms with E-state index in [1.54, 1.807) is 0 Å². The Kier molecular flexibility index (Phi) is 4.38. The fourth-order valence-electron chi connectivity index (χ4n) is 1.15. The Bertz CT molecular complexity index is 336. The van der Waals surface area contributed by atoms with Gasteiger partial charge in [0, 0.05) is 16.5 Å². The van der Waals surface area contributed by atoms with Crippen LogP contribution in [0.2, 0.25) is 0 Å². The van der Waals surface area contributed by atoms with E-state index in [2.05, 4.69) is 27.9 Å². The van der Waals surface area contributed by atoms with Crippen molar-refractivity contribution in [3.05, 3.63) is 34.9 Å². The summed E-state index contributed by atoms with van der Waals surface area (Å²) >= 11 is 2.24. The Morgan fingerprint density at radius 3 is 2.64 bits per heavy atom. The number of nitrogens with one attached hydrogen (secondary N) is 1. The fraction of sp³-hybridized carbons (Fsp3) is 0.364. The smallest absolute Gasteiger partial charge is 0.251 e. The van der Waals surface area contributed by atoms with E-state index in [1.807, 2.05) is 32.0 Å². The number of hydrogen-bond acceptors (Lipinski definition) is 1. The second-order valence-corrected chi connectivity index (χ2v) is 4.32. The molecule has 0 saturated heterocycles. The number of rotatable bonds is 3. The molecular weight excluding hydrogens is 289 g/mol. The van der Waals surface area contributed by atoms with Gasteiger partial charge in [0.05, 0.1) is 0 Å². The third-order valence-electron chi connectivity index (χ3n) is 2.15. The number of aryl methyl sites for hydroxylation is 2. The zero-order chi connectivity index (χ0) is 10.6. The molecule has 0 unspecified atom stereocenters. The minimum Gasteiger partial charge on any atom is -0.351 e. The molecular formula is C11H14INO. The lowest BCUT2D eigenvalue weighted by Gasteiger charge is -2.05. The van der Waals surface area contributed by atoms with Gasteiger partial charge >= 0.3 is 0 Å². The van der Waals surface area contributed by atoms with E-state index >= 15 is 0 Å². The summed E-state index contributed by atoms with van der Waals surface area (Å²) < 4.78 is 0.939. The van der Waals surface area contributed by atoms with Gasteiger partial charge in [-0.05, 0) is 37.1 Å². The number of alkyl halides is 1. The first-order valence-corrected chi connectivity index (χ1v) is 6.09. The van der Waals surface area contributed by atoms with Crippen LogP contribution in [0.1, 0.15) is 21.5 Å². The van der Waals surface area contributed by atoms with Crippen molar-refractivity contribution in [2.24, 2.45) is 0 Å². The number of hydrogen-bond donors (Lipinski definition) is 1. The molecule has 14 heavy (non-hydrogen) atoms.